The fraction of sp³-hybridized carbons (Fsp3) is 0.583. The molecule has 1 aliphatic rings. The van der Waals surface area contributed by atoms with Gasteiger partial charge in [0.25, 0.3) is 0 Å². The Morgan fingerprint density at radius 2 is 2.32 bits per heavy atom. The van der Waals surface area contributed by atoms with Gasteiger partial charge in [-0.15, -0.1) is 0 Å². The van der Waals surface area contributed by atoms with Gasteiger partial charge in [0.05, 0.1) is 25.6 Å². The largest absolute Gasteiger partial charge is 0.377 e. The molecule has 1 atom stereocenters. The van der Waals surface area contributed by atoms with E-state index in [1.54, 1.807) is 6.33 Å². The molecule has 0 amide bonds. The molecule has 1 saturated heterocycles. The van der Waals surface area contributed by atoms with E-state index in [1.165, 1.54) is 0 Å². The molecular formula is C12H16ClN5O. The lowest BCUT2D eigenvalue weighted by Gasteiger charge is -2.34. The van der Waals surface area contributed by atoms with Crippen LogP contribution in [0.2, 0.25) is 5.28 Å². The second-order valence-corrected chi connectivity index (χ2v) is 4.97. The minimum atomic E-state index is 0.238. The number of rotatable bonds is 2. The number of nitrogens with zero attached hydrogens (tertiary/aromatic N) is 5. The molecule has 0 aliphatic carbocycles. The van der Waals surface area contributed by atoms with E-state index in [-0.39, 0.29) is 11.3 Å². The number of fused-ring (bicyclic) bond motifs is 1. The molecule has 0 aromatic carbocycles. The summed E-state index contributed by atoms with van der Waals surface area (Å²) >= 11 is 6.01. The van der Waals surface area contributed by atoms with Crippen molar-refractivity contribution in [2.75, 3.05) is 24.7 Å². The van der Waals surface area contributed by atoms with Crippen LogP contribution in [-0.2, 0) is 11.3 Å². The number of hydrogen-bond acceptors (Lipinski definition) is 5. The number of anilines is 1. The van der Waals surface area contributed by atoms with Crippen molar-refractivity contribution >= 4 is 28.6 Å². The topological polar surface area (TPSA) is 56.1 Å². The van der Waals surface area contributed by atoms with Gasteiger partial charge < -0.3 is 14.2 Å². The van der Waals surface area contributed by atoms with Gasteiger partial charge >= 0.3 is 0 Å². The fourth-order valence-corrected chi connectivity index (χ4v) is 2.58. The Bertz CT molecular complexity index is 599. The van der Waals surface area contributed by atoms with E-state index in [2.05, 4.69) is 33.7 Å². The zero-order chi connectivity index (χ0) is 13.4. The lowest BCUT2D eigenvalue weighted by molar-refractivity contribution is 0.0986. The second kappa shape index (κ2) is 4.94. The van der Waals surface area contributed by atoms with Crippen LogP contribution < -0.4 is 4.90 Å². The maximum absolute atomic E-state index is 6.01. The van der Waals surface area contributed by atoms with Crippen molar-refractivity contribution in [1.82, 2.24) is 19.5 Å². The summed E-state index contributed by atoms with van der Waals surface area (Å²) in [6.45, 7) is 7.22. The van der Waals surface area contributed by atoms with Gasteiger partial charge in [0.2, 0.25) is 5.28 Å². The molecule has 0 radical (unpaired) electrons. The van der Waals surface area contributed by atoms with Gasteiger partial charge in [-0.1, -0.05) is 0 Å². The van der Waals surface area contributed by atoms with E-state index < -0.39 is 0 Å². The standard InChI is InChI=1S/C12H16ClN5O/c1-3-17-7-14-10-9(17)11(16-12(13)15-10)18-4-5-19-6-8(18)2/h7-8H,3-6H2,1-2H3/t8-/m0/s1. The molecule has 1 fully saturated rings. The third-order valence-electron chi connectivity index (χ3n) is 3.41. The molecular weight excluding hydrogens is 266 g/mol. The van der Waals surface area contributed by atoms with Crippen LogP contribution in [0.1, 0.15) is 13.8 Å². The molecule has 102 valence electrons. The lowest BCUT2D eigenvalue weighted by atomic mass is 10.2. The Kier molecular flexibility index (Phi) is 3.28. The first-order chi connectivity index (χ1) is 9.20. The van der Waals surface area contributed by atoms with E-state index in [4.69, 9.17) is 16.3 Å². The highest BCUT2D eigenvalue weighted by Crippen LogP contribution is 2.27. The van der Waals surface area contributed by atoms with E-state index >= 15 is 0 Å². The number of halogens is 1. The third-order valence-corrected chi connectivity index (χ3v) is 3.58. The van der Waals surface area contributed by atoms with Crippen LogP contribution >= 0.6 is 11.6 Å². The van der Waals surface area contributed by atoms with E-state index in [1.807, 2.05) is 4.57 Å². The predicted octanol–water partition coefficient (Wildman–Crippen LogP) is 1.72. The van der Waals surface area contributed by atoms with E-state index in [0.717, 1.165) is 24.4 Å². The predicted molar refractivity (Wildman–Crippen MR) is 73.6 cm³/mol. The molecule has 0 bridgehead atoms. The summed E-state index contributed by atoms with van der Waals surface area (Å²) in [5.74, 6) is 0.852. The Balaban J connectivity index is 2.17. The van der Waals surface area contributed by atoms with Gasteiger partial charge in [-0.05, 0) is 25.4 Å². The molecule has 2 aromatic rings. The van der Waals surface area contributed by atoms with Crippen LogP contribution in [0.15, 0.2) is 6.33 Å². The number of ether oxygens (including phenoxy) is 1. The Labute approximate surface area is 116 Å². The molecule has 0 unspecified atom stereocenters. The highest BCUT2D eigenvalue weighted by molar-refractivity contribution is 6.28. The zero-order valence-corrected chi connectivity index (χ0v) is 11.8. The smallest absolute Gasteiger partial charge is 0.226 e. The SMILES string of the molecule is CCn1cnc2nc(Cl)nc(N3CCOC[C@@H]3C)c21. The first-order valence-corrected chi connectivity index (χ1v) is 6.81. The van der Waals surface area contributed by atoms with Crippen molar-refractivity contribution in [3.63, 3.8) is 0 Å². The molecule has 0 N–H and O–H groups in total. The lowest BCUT2D eigenvalue weighted by Crippen LogP contribution is -2.44. The van der Waals surface area contributed by atoms with Gasteiger partial charge in [-0.25, -0.2) is 4.98 Å². The second-order valence-electron chi connectivity index (χ2n) is 4.64. The minimum absolute atomic E-state index is 0.238. The first kappa shape index (κ1) is 12.6. The summed E-state index contributed by atoms with van der Waals surface area (Å²) in [5.41, 5.74) is 1.59. The van der Waals surface area contributed by atoms with Gasteiger partial charge in [-0.3, -0.25) is 0 Å². The quantitative estimate of drug-likeness (QED) is 0.785. The average molecular weight is 282 g/mol. The summed E-state index contributed by atoms with van der Waals surface area (Å²) in [6.07, 6.45) is 1.78. The number of aromatic nitrogens is 4. The van der Waals surface area contributed by atoms with Gasteiger partial charge in [0.15, 0.2) is 11.5 Å². The van der Waals surface area contributed by atoms with Gasteiger partial charge in [0, 0.05) is 13.1 Å². The molecule has 1 aliphatic heterocycles. The first-order valence-electron chi connectivity index (χ1n) is 6.43. The van der Waals surface area contributed by atoms with Crippen molar-refractivity contribution in [1.29, 1.82) is 0 Å². The Morgan fingerprint density at radius 3 is 3.05 bits per heavy atom. The van der Waals surface area contributed by atoms with Crippen LogP contribution in [0.25, 0.3) is 11.2 Å². The van der Waals surface area contributed by atoms with Crippen LogP contribution in [0.5, 0.6) is 0 Å². The Hall–Kier alpha value is -1.40. The number of morpholine rings is 1. The fourth-order valence-electron chi connectivity index (χ4n) is 2.42. The minimum Gasteiger partial charge on any atom is -0.377 e. The summed E-state index contributed by atoms with van der Waals surface area (Å²) in [6, 6.07) is 0.267. The zero-order valence-electron chi connectivity index (χ0n) is 11.0. The maximum atomic E-state index is 6.01. The highest BCUT2D eigenvalue weighted by Gasteiger charge is 2.24. The molecule has 2 aromatic heterocycles. The van der Waals surface area contributed by atoms with Crippen LogP contribution in [-0.4, -0.2) is 45.3 Å². The molecule has 7 heteroatoms. The summed E-state index contributed by atoms with van der Waals surface area (Å²) < 4.78 is 7.52. The number of hydrogen-bond donors (Lipinski definition) is 0. The van der Waals surface area contributed by atoms with Gasteiger partial charge in [0.1, 0.15) is 5.52 Å². The maximum Gasteiger partial charge on any atom is 0.226 e. The monoisotopic (exact) mass is 281 g/mol. The molecule has 0 spiro atoms. The number of aryl methyl sites for hydroxylation is 1. The average Bonchev–Trinajstić information content (AvgIpc) is 2.81. The highest BCUT2D eigenvalue weighted by atomic mass is 35.5. The van der Waals surface area contributed by atoms with Crippen LogP contribution in [0.3, 0.4) is 0 Å². The van der Waals surface area contributed by atoms with Gasteiger partial charge in [-0.2, -0.15) is 9.97 Å². The molecule has 3 rings (SSSR count). The summed E-state index contributed by atoms with van der Waals surface area (Å²) in [4.78, 5) is 15.1. The van der Waals surface area contributed by atoms with Crippen LogP contribution in [0, 0.1) is 0 Å². The summed E-state index contributed by atoms with van der Waals surface area (Å²) in [5, 5.41) is 0.238. The van der Waals surface area contributed by atoms with Crippen molar-refractivity contribution in [2.45, 2.75) is 26.4 Å². The molecule has 6 nitrogen and oxygen atoms in total. The van der Waals surface area contributed by atoms with E-state index in [9.17, 15) is 0 Å². The van der Waals surface area contributed by atoms with Crippen molar-refractivity contribution in [3.05, 3.63) is 11.6 Å². The Morgan fingerprint density at radius 1 is 1.47 bits per heavy atom. The molecule has 3 heterocycles. The third kappa shape index (κ3) is 2.15. The van der Waals surface area contributed by atoms with Crippen molar-refractivity contribution < 1.29 is 4.74 Å². The normalized spacial score (nSPS) is 20.2. The van der Waals surface area contributed by atoms with E-state index in [0.29, 0.717) is 18.9 Å². The van der Waals surface area contributed by atoms with Crippen LogP contribution in [0.4, 0.5) is 5.82 Å². The number of imidazole rings is 1. The summed E-state index contributed by atoms with van der Waals surface area (Å²) in [7, 11) is 0. The van der Waals surface area contributed by atoms with Crippen molar-refractivity contribution in [2.24, 2.45) is 0 Å². The molecule has 19 heavy (non-hydrogen) atoms. The van der Waals surface area contributed by atoms with Crippen molar-refractivity contribution in [3.8, 4) is 0 Å². The molecule has 0 saturated carbocycles.